The van der Waals surface area contributed by atoms with Gasteiger partial charge in [0.15, 0.2) is 0 Å². The highest BCUT2D eigenvalue weighted by molar-refractivity contribution is 5.90. The minimum absolute atomic E-state index is 0.0129. The Morgan fingerprint density at radius 3 is 2.64 bits per heavy atom. The number of hydrogen-bond acceptors (Lipinski definition) is 5. The third-order valence-corrected chi connectivity index (χ3v) is 5.56. The van der Waals surface area contributed by atoms with Crippen LogP contribution in [0, 0.1) is 29.1 Å². The van der Waals surface area contributed by atoms with Gasteiger partial charge in [-0.1, -0.05) is 52.2 Å². The summed E-state index contributed by atoms with van der Waals surface area (Å²) in [6.07, 6.45) is 7.91. The van der Waals surface area contributed by atoms with Crippen LogP contribution in [0.2, 0.25) is 0 Å². The Morgan fingerprint density at radius 2 is 2.00 bits per heavy atom. The van der Waals surface area contributed by atoms with E-state index < -0.39 is 17.6 Å². The van der Waals surface area contributed by atoms with Gasteiger partial charge in [-0.15, -0.1) is 11.8 Å². The number of ketones is 1. The molecule has 4 atom stereocenters. The molecule has 0 spiro atoms. The van der Waals surface area contributed by atoms with E-state index in [1.165, 1.54) is 7.11 Å². The van der Waals surface area contributed by atoms with Gasteiger partial charge in [0.05, 0.1) is 24.7 Å². The number of Topliss-reactive ketones (excluding diaryl/α,β-unsaturated/α-hetero) is 1. The third kappa shape index (κ3) is 7.07. The Morgan fingerprint density at radius 1 is 1.29 bits per heavy atom. The zero-order valence-corrected chi connectivity index (χ0v) is 17.7. The number of carbonyl (C=O) groups is 2. The molecule has 5 heteroatoms. The molecule has 1 rings (SSSR count). The number of carbonyl (C=O) groups excluding carboxylic acids is 2. The number of unbranched alkanes of at least 4 members (excludes halogenated alkanes) is 3. The molecule has 1 unspecified atom stereocenters. The van der Waals surface area contributed by atoms with Crippen LogP contribution in [0.3, 0.4) is 0 Å². The van der Waals surface area contributed by atoms with Crippen molar-refractivity contribution >= 4 is 11.8 Å². The molecule has 0 bridgehead atoms. The predicted molar refractivity (Wildman–Crippen MR) is 109 cm³/mol. The first kappa shape index (κ1) is 24.4. The number of hydrogen-bond donors (Lipinski definition) is 2. The molecule has 0 saturated heterocycles. The monoisotopic (exact) mass is 392 g/mol. The average Bonchev–Trinajstić information content (AvgIpc) is 2.82. The van der Waals surface area contributed by atoms with Gasteiger partial charge in [-0.3, -0.25) is 9.59 Å². The molecule has 1 aliphatic carbocycles. The van der Waals surface area contributed by atoms with Crippen LogP contribution in [-0.4, -0.2) is 41.3 Å². The average molecular weight is 393 g/mol. The van der Waals surface area contributed by atoms with Crippen LogP contribution in [0.25, 0.3) is 0 Å². The van der Waals surface area contributed by atoms with Gasteiger partial charge in [0.25, 0.3) is 0 Å². The van der Waals surface area contributed by atoms with Gasteiger partial charge in [0, 0.05) is 31.1 Å². The van der Waals surface area contributed by atoms with Crippen molar-refractivity contribution in [3.8, 4) is 11.8 Å². The topological polar surface area (TPSA) is 83.8 Å². The Kier molecular flexibility index (Phi) is 10.5. The second-order valence-electron chi connectivity index (χ2n) is 8.15. The van der Waals surface area contributed by atoms with Gasteiger partial charge in [0.2, 0.25) is 0 Å². The lowest BCUT2D eigenvalue weighted by atomic mass is 9.86. The van der Waals surface area contributed by atoms with Crippen molar-refractivity contribution in [1.29, 1.82) is 0 Å². The molecule has 0 aromatic heterocycles. The summed E-state index contributed by atoms with van der Waals surface area (Å²) in [5.41, 5.74) is -0.820. The lowest BCUT2D eigenvalue weighted by Crippen LogP contribution is -2.31. The molecular weight excluding hydrogens is 356 g/mol. The minimum Gasteiger partial charge on any atom is -0.469 e. The largest absolute Gasteiger partial charge is 0.469 e. The first-order chi connectivity index (χ1) is 13.3. The van der Waals surface area contributed by atoms with E-state index in [0.717, 1.165) is 19.3 Å². The Labute approximate surface area is 169 Å². The summed E-state index contributed by atoms with van der Waals surface area (Å²) < 4.78 is 4.59. The number of esters is 1. The van der Waals surface area contributed by atoms with Crippen LogP contribution < -0.4 is 0 Å². The van der Waals surface area contributed by atoms with Crippen LogP contribution in [0.5, 0.6) is 0 Å². The lowest BCUT2D eigenvalue weighted by molar-refractivity contribution is -0.140. The molecule has 158 valence electrons. The van der Waals surface area contributed by atoms with Crippen molar-refractivity contribution in [2.75, 3.05) is 7.11 Å². The summed E-state index contributed by atoms with van der Waals surface area (Å²) >= 11 is 0. The molecule has 0 aromatic rings. The molecule has 0 heterocycles. The highest BCUT2D eigenvalue weighted by atomic mass is 16.5. The van der Waals surface area contributed by atoms with E-state index in [4.69, 9.17) is 0 Å². The Hall–Kier alpha value is -1.64. The maximum atomic E-state index is 12.8. The van der Waals surface area contributed by atoms with Crippen molar-refractivity contribution in [3.63, 3.8) is 0 Å². The number of aliphatic hydroxyl groups excluding tert-OH is 2. The summed E-state index contributed by atoms with van der Waals surface area (Å²) in [6.45, 7) is 5.65. The molecule has 1 fully saturated rings. The van der Waals surface area contributed by atoms with E-state index in [-0.39, 0.29) is 23.6 Å². The van der Waals surface area contributed by atoms with Crippen molar-refractivity contribution in [2.24, 2.45) is 17.3 Å². The lowest BCUT2D eigenvalue weighted by Gasteiger charge is -2.22. The van der Waals surface area contributed by atoms with Gasteiger partial charge in [-0.2, -0.15) is 0 Å². The molecular formula is C23H36O5. The summed E-state index contributed by atoms with van der Waals surface area (Å²) in [4.78, 5) is 23.9. The van der Waals surface area contributed by atoms with Gasteiger partial charge in [-0.05, 0) is 12.8 Å². The summed E-state index contributed by atoms with van der Waals surface area (Å²) in [5.74, 6) is 5.09. The van der Waals surface area contributed by atoms with Gasteiger partial charge < -0.3 is 14.9 Å². The minimum atomic E-state index is -0.820. The molecule has 0 amide bonds. The highest BCUT2D eigenvalue weighted by Crippen LogP contribution is 2.44. The zero-order valence-electron chi connectivity index (χ0n) is 17.7. The van der Waals surface area contributed by atoms with Crippen LogP contribution in [0.1, 0.15) is 72.1 Å². The van der Waals surface area contributed by atoms with E-state index in [1.54, 1.807) is 26.0 Å². The molecule has 0 aromatic carbocycles. The van der Waals surface area contributed by atoms with Crippen LogP contribution in [-0.2, 0) is 14.3 Å². The van der Waals surface area contributed by atoms with Crippen molar-refractivity contribution < 1.29 is 24.5 Å². The zero-order chi connectivity index (χ0) is 21.2. The van der Waals surface area contributed by atoms with Crippen LogP contribution >= 0.6 is 0 Å². The standard InChI is InChI=1S/C23H36O5/c1-5-6-9-12-17(24)15-16-19-18(21(26)23(2,3)22(19)27)13-10-7-8-11-14-20(25)28-4/h15-19,22,24,27H,5-6,8-9,11-14H2,1-4H3/t17?,18-,19-,22+/m1/s1. The van der Waals surface area contributed by atoms with Gasteiger partial charge in [-0.25, -0.2) is 0 Å². The van der Waals surface area contributed by atoms with E-state index >= 15 is 0 Å². The van der Waals surface area contributed by atoms with Crippen molar-refractivity contribution in [3.05, 3.63) is 12.2 Å². The fourth-order valence-corrected chi connectivity index (χ4v) is 3.62. The SMILES string of the molecule is CCCCCC(O)C=C[C@@H]1[C@@H](CC#CCCCC(=O)OC)C(=O)C(C)(C)[C@H]1O. The fraction of sp³-hybridized carbons (Fsp3) is 0.739. The number of rotatable bonds is 10. The first-order valence-corrected chi connectivity index (χ1v) is 10.4. The van der Waals surface area contributed by atoms with Crippen molar-refractivity contribution in [2.45, 2.75) is 84.3 Å². The quantitative estimate of drug-likeness (QED) is 0.258. The summed E-state index contributed by atoms with van der Waals surface area (Å²) in [5, 5.41) is 20.8. The number of aliphatic hydroxyl groups is 2. The molecule has 28 heavy (non-hydrogen) atoms. The van der Waals surface area contributed by atoms with Crippen LogP contribution in [0.15, 0.2) is 12.2 Å². The maximum absolute atomic E-state index is 12.8. The maximum Gasteiger partial charge on any atom is 0.305 e. The second-order valence-corrected chi connectivity index (χ2v) is 8.15. The van der Waals surface area contributed by atoms with Gasteiger partial charge >= 0.3 is 5.97 Å². The highest BCUT2D eigenvalue weighted by Gasteiger charge is 2.52. The molecule has 1 saturated carbocycles. The molecule has 5 nitrogen and oxygen atoms in total. The summed E-state index contributed by atoms with van der Waals surface area (Å²) in [7, 11) is 1.36. The molecule has 2 N–H and O–H groups in total. The first-order valence-electron chi connectivity index (χ1n) is 10.4. The fourth-order valence-electron chi connectivity index (χ4n) is 3.62. The van der Waals surface area contributed by atoms with E-state index in [2.05, 4.69) is 23.5 Å². The van der Waals surface area contributed by atoms with Crippen molar-refractivity contribution in [1.82, 2.24) is 0 Å². The Bertz CT molecular complexity index is 596. The van der Waals surface area contributed by atoms with Crippen LogP contribution in [0.4, 0.5) is 0 Å². The smallest absolute Gasteiger partial charge is 0.305 e. The number of methoxy groups -OCH3 is 1. The summed E-state index contributed by atoms with van der Waals surface area (Å²) in [6, 6.07) is 0. The second kappa shape index (κ2) is 12.0. The Balaban J connectivity index is 2.69. The van der Waals surface area contributed by atoms with Gasteiger partial charge in [0.1, 0.15) is 5.78 Å². The van der Waals surface area contributed by atoms with E-state index in [1.807, 2.05) is 0 Å². The third-order valence-electron chi connectivity index (χ3n) is 5.56. The molecule has 0 radical (unpaired) electrons. The van der Waals surface area contributed by atoms with E-state index in [9.17, 15) is 19.8 Å². The molecule has 0 aliphatic heterocycles. The number of ether oxygens (including phenoxy) is 1. The predicted octanol–water partition coefficient (Wildman–Crippen LogP) is 3.42. The van der Waals surface area contributed by atoms with E-state index in [0.29, 0.717) is 32.1 Å². The normalized spacial score (nSPS) is 24.8. The molecule has 1 aliphatic rings.